The number of ether oxygens (including phenoxy) is 1. The normalized spacial score (nSPS) is 14.1. The first kappa shape index (κ1) is 15.6. The molecule has 0 unspecified atom stereocenters. The Morgan fingerprint density at radius 3 is 2.65 bits per heavy atom. The molecule has 0 radical (unpaired) electrons. The molecular formula is C17H18N2O3S. The molecule has 2 heterocycles. The van der Waals surface area contributed by atoms with Crippen LogP contribution in [0.25, 0.3) is 0 Å². The number of benzene rings is 1. The van der Waals surface area contributed by atoms with E-state index in [9.17, 15) is 9.59 Å². The average Bonchev–Trinajstić information content (AvgIpc) is 3.24. The number of thiophene rings is 1. The summed E-state index contributed by atoms with van der Waals surface area (Å²) in [7, 11) is 1.60. The van der Waals surface area contributed by atoms with Gasteiger partial charge in [-0.1, -0.05) is 6.07 Å². The molecule has 3 rings (SSSR count). The second-order valence-electron chi connectivity index (χ2n) is 5.31. The fourth-order valence-electron chi connectivity index (χ4n) is 2.58. The van der Waals surface area contributed by atoms with Crippen molar-refractivity contribution in [1.29, 1.82) is 0 Å². The highest BCUT2D eigenvalue weighted by Gasteiger charge is 2.26. The van der Waals surface area contributed by atoms with E-state index in [2.05, 4.69) is 0 Å². The molecule has 0 atom stereocenters. The number of hydrogen-bond donors (Lipinski definition) is 0. The van der Waals surface area contributed by atoms with E-state index in [-0.39, 0.29) is 18.5 Å². The van der Waals surface area contributed by atoms with Gasteiger partial charge in [0.1, 0.15) is 12.4 Å². The zero-order valence-electron chi connectivity index (χ0n) is 12.9. The summed E-state index contributed by atoms with van der Waals surface area (Å²) in [6, 6.07) is 11.0. The standard InChI is InChI=1S/C17H18N2O3S/c1-22-14-8-6-13(7-9-14)19(12-18-10-2-5-16(18)20)17(21)15-4-3-11-23-15/h3-4,6-9,11H,2,5,10,12H2,1H3. The first-order valence-corrected chi connectivity index (χ1v) is 8.34. The highest BCUT2D eigenvalue weighted by atomic mass is 32.1. The molecule has 0 bridgehead atoms. The molecule has 0 spiro atoms. The molecule has 23 heavy (non-hydrogen) atoms. The summed E-state index contributed by atoms with van der Waals surface area (Å²) < 4.78 is 5.17. The monoisotopic (exact) mass is 330 g/mol. The van der Waals surface area contributed by atoms with E-state index >= 15 is 0 Å². The molecule has 1 aliphatic rings. The van der Waals surface area contributed by atoms with Crippen molar-refractivity contribution in [2.45, 2.75) is 12.8 Å². The number of hydrogen-bond acceptors (Lipinski definition) is 4. The summed E-state index contributed by atoms with van der Waals surface area (Å²) in [6.07, 6.45) is 1.41. The lowest BCUT2D eigenvalue weighted by atomic mass is 10.2. The maximum Gasteiger partial charge on any atom is 0.269 e. The van der Waals surface area contributed by atoms with E-state index in [1.54, 1.807) is 23.0 Å². The smallest absolute Gasteiger partial charge is 0.269 e. The Bertz CT molecular complexity index is 682. The van der Waals surface area contributed by atoms with Gasteiger partial charge in [0.25, 0.3) is 5.91 Å². The summed E-state index contributed by atoms with van der Waals surface area (Å²) in [5.74, 6) is 0.738. The molecule has 0 saturated carbocycles. The molecule has 1 fully saturated rings. The summed E-state index contributed by atoms with van der Waals surface area (Å²) in [4.78, 5) is 28.8. The maximum absolute atomic E-state index is 12.8. The molecule has 120 valence electrons. The van der Waals surface area contributed by atoms with Gasteiger partial charge in [-0.25, -0.2) is 0 Å². The van der Waals surface area contributed by atoms with Crippen LogP contribution in [-0.2, 0) is 4.79 Å². The largest absolute Gasteiger partial charge is 0.497 e. The minimum absolute atomic E-state index is 0.0927. The van der Waals surface area contributed by atoms with Crippen molar-refractivity contribution < 1.29 is 14.3 Å². The molecule has 1 aromatic heterocycles. The minimum Gasteiger partial charge on any atom is -0.497 e. The van der Waals surface area contributed by atoms with E-state index in [0.717, 1.165) is 17.9 Å². The van der Waals surface area contributed by atoms with E-state index in [0.29, 0.717) is 17.8 Å². The van der Waals surface area contributed by atoms with Crippen molar-refractivity contribution in [3.8, 4) is 5.75 Å². The van der Waals surface area contributed by atoms with Gasteiger partial charge in [-0.15, -0.1) is 11.3 Å². The Labute approximate surface area is 139 Å². The summed E-state index contributed by atoms with van der Waals surface area (Å²) in [5.41, 5.74) is 0.754. The predicted molar refractivity (Wildman–Crippen MR) is 89.9 cm³/mol. The summed E-state index contributed by atoms with van der Waals surface area (Å²) in [5, 5.41) is 1.88. The third kappa shape index (κ3) is 3.37. The lowest BCUT2D eigenvalue weighted by Crippen LogP contribution is -2.42. The maximum atomic E-state index is 12.8. The number of anilines is 1. The number of carbonyl (C=O) groups is 2. The summed E-state index contributed by atoms with van der Waals surface area (Å²) in [6.45, 7) is 0.977. The first-order valence-electron chi connectivity index (χ1n) is 7.46. The summed E-state index contributed by atoms with van der Waals surface area (Å²) >= 11 is 1.40. The molecule has 1 saturated heterocycles. The van der Waals surface area contributed by atoms with Crippen LogP contribution >= 0.6 is 11.3 Å². The van der Waals surface area contributed by atoms with Crippen molar-refractivity contribution >= 4 is 28.8 Å². The lowest BCUT2D eigenvalue weighted by molar-refractivity contribution is -0.127. The fourth-order valence-corrected chi connectivity index (χ4v) is 3.25. The minimum atomic E-state index is -0.0927. The molecule has 2 amide bonds. The van der Waals surface area contributed by atoms with Gasteiger partial charge in [-0.05, 0) is 42.1 Å². The van der Waals surface area contributed by atoms with Gasteiger partial charge < -0.3 is 9.64 Å². The Hall–Kier alpha value is -2.34. The van der Waals surface area contributed by atoms with Crippen LogP contribution < -0.4 is 9.64 Å². The van der Waals surface area contributed by atoms with Crippen LogP contribution in [-0.4, -0.2) is 37.0 Å². The van der Waals surface area contributed by atoms with Gasteiger partial charge in [0.15, 0.2) is 0 Å². The molecule has 1 aromatic carbocycles. The Morgan fingerprint density at radius 2 is 2.09 bits per heavy atom. The van der Waals surface area contributed by atoms with Crippen molar-refractivity contribution in [2.24, 2.45) is 0 Å². The molecule has 0 aliphatic carbocycles. The van der Waals surface area contributed by atoms with Crippen molar-refractivity contribution in [3.63, 3.8) is 0 Å². The zero-order valence-corrected chi connectivity index (χ0v) is 13.7. The van der Waals surface area contributed by atoms with Gasteiger partial charge in [0.2, 0.25) is 5.91 Å². The third-order valence-corrected chi connectivity index (χ3v) is 4.70. The van der Waals surface area contributed by atoms with Gasteiger partial charge in [-0.2, -0.15) is 0 Å². The Morgan fingerprint density at radius 1 is 1.30 bits per heavy atom. The third-order valence-electron chi connectivity index (χ3n) is 3.84. The topological polar surface area (TPSA) is 49.9 Å². The number of amides is 2. The first-order chi connectivity index (χ1) is 11.2. The van der Waals surface area contributed by atoms with Gasteiger partial charge in [-0.3, -0.25) is 14.5 Å². The Kier molecular flexibility index (Phi) is 4.62. The second-order valence-corrected chi connectivity index (χ2v) is 6.26. The highest BCUT2D eigenvalue weighted by Crippen LogP contribution is 2.24. The van der Waals surface area contributed by atoms with Crippen LogP contribution in [0.4, 0.5) is 5.69 Å². The van der Waals surface area contributed by atoms with Crippen molar-refractivity contribution in [3.05, 3.63) is 46.7 Å². The average molecular weight is 330 g/mol. The molecule has 0 N–H and O–H groups in total. The van der Waals surface area contributed by atoms with Crippen molar-refractivity contribution in [1.82, 2.24) is 4.90 Å². The van der Waals surface area contributed by atoms with Crippen LogP contribution in [0.2, 0.25) is 0 Å². The van der Waals surface area contributed by atoms with Crippen LogP contribution in [0.3, 0.4) is 0 Å². The lowest BCUT2D eigenvalue weighted by Gasteiger charge is -2.27. The van der Waals surface area contributed by atoms with Crippen LogP contribution in [0.15, 0.2) is 41.8 Å². The number of nitrogens with zero attached hydrogens (tertiary/aromatic N) is 2. The fraction of sp³-hybridized carbons (Fsp3) is 0.294. The molecular weight excluding hydrogens is 312 g/mol. The second kappa shape index (κ2) is 6.83. The van der Waals surface area contributed by atoms with Crippen LogP contribution in [0.5, 0.6) is 5.75 Å². The molecule has 2 aromatic rings. The van der Waals surface area contributed by atoms with E-state index in [4.69, 9.17) is 4.74 Å². The van der Waals surface area contributed by atoms with Crippen LogP contribution in [0.1, 0.15) is 22.5 Å². The van der Waals surface area contributed by atoms with Crippen LogP contribution in [0, 0.1) is 0 Å². The number of rotatable bonds is 5. The van der Waals surface area contributed by atoms with E-state index < -0.39 is 0 Å². The predicted octanol–water partition coefficient (Wildman–Crippen LogP) is 2.98. The van der Waals surface area contributed by atoms with Gasteiger partial charge in [0.05, 0.1) is 12.0 Å². The van der Waals surface area contributed by atoms with Crippen molar-refractivity contribution in [2.75, 3.05) is 25.2 Å². The molecule has 6 heteroatoms. The zero-order chi connectivity index (χ0) is 16.2. The van der Waals surface area contributed by atoms with E-state index in [1.807, 2.05) is 35.7 Å². The highest BCUT2D eigenvalue weighted by molar-refractivity contribution is 7.12. The number of methoxy groups -OCH3 is 1. The quantitative estimate of drug-likeness (QED) is 0.847. The molecule has 5 nitrogen and oxygen atoms in total. The SMILES string of the molecule is COc1ccc(N(CN2CCCC2=O)C(=O)c2cccs2)cc1. The Balaban J connectivity index is 1.88. The molecule has 1 aliphatic heterocycles. The van der Waals surface area contributed by atoms with Gasteiger partial charge >= 0.3 is 0 Å². The van der Waals surface area contributed by atoms with Gasteiger partial charge in [0, 0.05) is 18.7 Å². The van der Waals surface area contributed by atoms with E-state index in [1.165, 1.54) is 11.3 Å². The number of likely N-dealkylation sites (tertiary alicyclic amines) is 1. The number of carbonyl (C=O) groups excluding carboxylic acids is 2.